The van der Waals surface area contributed by atoms with Crippen molar-refractivity contribution in [2.24, 2.45) is 0 Å². The highest BCUT2D eigenvalue weighted by Gasteiger charge is 2.26. The number of nitrogens with zero attached hydrogens (tertiary/aromatic N) is 2. The summed E-state index contributed by atoms with van der Waals surface area (Å²) in [6.45, 7) is 3.27. The maximum atomic E-state index is 13.1. The topological polar surface area (TPSA) is 62.3 Å². The SMILES string of the molecule is O=C(CCCN1CCCC1)Nc1ccc2c(c1)C(=O)c1cccc3ccnc-2c13. The molecule has 0 radical (unpaired) electrons. The fraction of sp³-hybridized carbons (Fsp3) is 0.292. The average molecular weight is 385 g/mol. The maximum absolute atomic E-state index is 13.1. The molecule has 0 saturated carbocycles. The highest BCUT2D eigenvalue weighted by molar-refractivity contribution is 6.25. The van der Waals surface area contributed by atoms with Crippen LogP contribution in [0, 0.1) is 0 Å². The van der Waals surface area contributed by atoms with Gasteiger partial charge < -0.3 is 10.2 Å². The van der Waals surface area contributed by atoms with Gasteiger partial charge in [0.05, 0.1) is 5.69 Å². The molecule has 0 spiro atoms. The van der Waals surface area contributed by atoms with Gasteiger partial charge >= 0.3 is 0 Å². The zero-order chi connectivity index (χ0) is 19.8. The zero-order valence-corrected chi connectivity index (χ0v) is 16.3. The van der Waals surface area contributed by atoms with Gasteiger partial charge in [0.25, 0.3) is 0 Å². The summed E-state index contributed by atoms with van der Waals surface area (Å²) in [7, 11) is 0. The Morgan fingerprint density at radius 2 is 1.90 bits per heavy atom. The molecule has 1 fully saturated rings. The van der Waals surface area contributed by atoms with Crippen LogP contribution in [0.4, 0.5) is 5.69 Å². The first-order valence-electron chi connectivity index (χ1n) is 10.3. The first-order valence-corrected chi connectivity index (χ1v) is 10.3. The van der Waals surface area contributed by atoms with Crippen LogP contribution in [0.5, 0.6) is 0 Å². The molecule has 1 aliphatic carbocycles. The smallest absolute Gasteiger partial charge is 0.224 e. The number of amides is 1. The van der Waals surface area contributed by atoms with Gasteiger partial charge in [0, 0.05) is 40.4 Å². The lowest BCUT2D eigenvalue weighted by molar-refractivity contribution is -0.116. The third-order valence-corrected chi connectivity index (χ3v) is 5.92. The molecule has 1 aliphatic heterocycles. The number of ketones is 1. The first-order chi connectivity index (χ1) is 14.2. The number of rotatable bonds is 5. The molecular weight excluding hydrogens is 362 g/mol. The summed E-state index contributed by atoms with van der Waals surface area (Å²) in [6, 6.07) is 13.2. The lowest BCUT2D eigenvalue weighted by Crippen LogP contribution is -2.22. The monoisotopic (exact) mass is 385 g/mol. The van der Waals surface area contributed by atoms with Crippen molar-refractivity contribution in [2.75, 3.05) is 25.0 Å². The normalized spacial score (nSPS) is 15.5. The van der Waals surface area contributed by atoms with E-state index in [4.69, 9.17) is 0 Å². The van der Waals surface area contributed by atoms with Crippen molar-refractivity contribution in [2.45, 2.75) is 25.7 Å². The summed E-state index contributed by atoms with van der Waals surface area (Å²) >= 11 is 0. The fourth-order valence-corrected chi connectivity index (χ4v) is 4.48. The van der Waals surface area contributed by atoms with E-state index in [2.05, 4.69) is 15.2 Å². The highest BCUT2D eigenvalue weighted by Crippen LogP contribution is 2.38. The molecular formula is C24H23N3O2. The maximum Gasteiger partial charge on any atom is 0.224 e. The highest BCUT2D eigenvalue weighted by atomic mass is 16.1. The fourth-order valence-electron chi connectivity index (χ4n) is 4.48. The van der Waals surface area contributed by atoms with Gasteiger partial charge in [-0.2, -0.15) is 0 Å². The third-order valence-electron chi connectivity index (χ3n) is 5.92. The largest absolute Gasteiger partial charge is 0.326 e. The Kier molecular flexibility index (Phi) is 4.60. The Labute approximate surface area is 169 Å². The van der Waals surface area contributed by atoms with Gasteiger partial charge in [-0.25, -0.2) is 0 Å². The summed E-state index contributed by atoms with van der Waals surface area (Å²) < 4.78 is 0. The van der Waals surface area contributed by atoms with Crippen LogP contribution in [0.25, 0.3) is 22.0 Å². The molecule has 0 unspecified atom stereocenters. The second-order valence-corrected chi connectivity index (χ2v) is 7.85. The van der Waals surface area contributed by atoms with Crippen LogP contribution >= 0.6 is 0 Å². The number of hydrogen-bond acceptors (Lipinski definition) is 4. The van der Waals surface area contributed by atoms with Crippen LogP contribution in [-0.4, -0.2) is 41.2 Å². The van der Waals surface area contributed by atoms with Crippen molar-refractivity contribution in [3.05, 3.63) is 59.8 Å². The zero-order valence-electron chi connectivity index (χ0n) is 16.3. The van der Waals surface area contributed by atoms with E-state index in [1.165, 1.54) is 12.8 Å². The summed E-state index contributed by atoms with van der Waals surface area (Å²) in [5.74, 6) is -0.0238. The minimum atomic E-state index is -0.0174. The predicted octanol–water partition coefficient (Wildman–Crippen LogP) is 4.26. The Morgan fingerprint density at radius 3 is 2.76 bits per heavy atom. The Balaban J connectivity index is 1.36. The number of fused-ring (bicyclic) bond motifs is 2. The van der Waals surface area contributed by atoms with Crippen LogP contribution < -0.4 is 5.32 Å². The van der Waals surface area contributed by atoms with Crippen molar-refractivity contribution in [3.8, 4) is 11.3 Å². The van der Waals surface area contributed by atoms with Crippen LogP contribution in [0.1, 0.15) is 41.6 Å². The van der Waals surface area contributed by atoms with Crippen LogP contribution in [0.3, 0.4) is 0 Å². The van der Waals surface area contributed by atoms with E-state index in [0.29, 0.717) is 23.2 Å². The van der Waals surface area contributed by atoms with E-state index in [9.17, 15) is 9.59 Å². The van der Waals surface area contributed by atoms with Crippen molar-refractivity contribution >= 4 is 28.2 Å². The number of carbonyl (C=O) groups is 2. The van der Waals surface area contributed by atoms with Crippen LogP contribution in [0.15, 0.2) is 48.7 Å². The van der Waals surface area contributed by atoms with Gasteiger partial charge in [0.15, 0.2) is 5.78 Å². The number of anilines is 1. The van der Waals surface area contributed by atoms with Crippen molar-refractivity contribution in [1.29, 1.82) is 0 Å². The second kappa shape index (κ2) is 7.41. The van der Waals surface area contributed by atoms with Gasteiger partial charge in [-0.05, 0) is 68.5 Å². The van der Waals surface area contributed by atoms with E-state index < -0.39 is 0 Å². The first kappa shape index (κ1) is 18.0. The molecule has 1 N–H and O–H groups in total. The third kappa shape index (κ3) is 3.32. The molecule has 5 nitrogen and oxygen atoms in total. The van der Waals surface area contributed by atoms with E-state index in [-0.39, 0.29) is 11.7 Å². The number of hydrogen-bond donors (Lipinski definition) is 1. The number of benzene rings is 2. The van der Waals surface area contributed by atoms with Crippen LogP contribution in [0.2, 0.25) is 0 Å². The quantitative estimate of drug-likeness (QED) is 0.558. The van der Waals surface area contributed by atoms with Gasteiger partial charge in [-0.1, -0.05) is 18.2 Å². The van der Waals surface area contributed by atoms with Crippen molar-refractivity contribution < 1.29 is 9.59 Å². The molecule has 2 aromatic carbocycles. The molecule has 3 aromatic rings. The van der Waals surface area contributed by atoms with Crippen molar-refractivity contribution in [1.82, 2.24) is 9.88 Å². The number of nitrogens with one attached hydrogen (secondary N) is 1. The molecule has 0 atom stereocenters. The summed E-state index contributed by atoms with van der Waals surface area (Å²) in [5, 5.41) is 4.88. The molecule has 1 amide bonds. The Bertz CT molecular complexity index is 1110. The lowest BCUT2D eigenvalue weighted by Gasteiger charge is -2.19. The van der Waals surface area contributed by atoms with E-state index in [1.54, 1.807) is 12.3 Å². The van der Waals surface area contributed by atoms with Crippen molar-refractivity contribution in [3.63, 3.8) is 0 Å². The molecule has 5 rings (SSSR count). The minimum Gasteiger partial charge on any atom is -0.326 e. The van der Waals surface area contributed by atoms with Gasteiger partial charge in [0.1, 0.15) is 0 Å². The Hall–Kier alpha value is -3.05. The van der Waals surface area contributed by atoms with Gasteiger partial charge in [0.2, 0.25) is 5.91 Å². The van der Waals surface area contributed by atoms with E-state index in [0.717, 1.165) is 48.1 Å². The molecule has 1 saturated heterocycles. The predicted molar refractivity (Wildman–Crippen MR) is 114 cm³/mol. The molecule has 2 aliphatic rings. The number of likely N-dealkylation sites (tertiary alicyclic amines) is 1. The number of aromatic nitrogens is 1. The molecule has 5 heteroatoms. The van der Waals surface area contributed by atoms with E-state index in [1.807, 2.05) is 36.4 Å². The molecule has 2 heterocycles. The molecule has 29 heavy (non-hydrogen) atoms. The van der Waals surface area contributed by atoms with Gasteiger partial charge in [-0.3, -0.25) is 14.6 Å². The van der Waals surface area contributed by atoms with E-state index >= 15 is 0 Å². The number of carbonyl (C=O) groups excluding carboxylic acids is 2. The summed E-state index contributed by atoms with van der Waals surface area (Å²) in [6.07, 6.45) is 5.65. The number of pyridine rings is 1. The minimum absolute atomic E-state index is 0.00645. The standard InChI is InChI=1S/C24H23N3O2/c28-21(7-4-14-27-12-1-2-13-27)26-17-8-9-18-20(15-17)24(29)19-6-3-5-16-10-11-25-23(18)22(16)19/h3,5-6,8-11,15H,1-2,4,7,12-14H2,(H,26,28). The van der Waals surface area contributed by atoms with Gasteiger partial charge in [-0.15, -0.1) is 0 Å². The summed E-state index contributed by atoms with van der Waals surface area (Å²) in [4.78, 5) is 32.4. The van der Waals surface area contributed by atoms with Crippen LogP contribution in [-0.2, 0) is 4.79 Å². The lowest BCUT2D eigenvalue weighted by atomic mass is 9.85. The average Bonchev–Trinajstić information content (AvgIpc) is 3.25. The Morgan fingerprint density at radius 1 is 1.03 bits per heavy atom. The molecule has 146 valence electrons. The second-order valence-electron chi connectivity index (χ2n) is 7.85. The molecule has 0 bridgehead atoms. The molecule has 1 aromatic heterocycles. The summed E-state index contributed by atoms with van der Waals surface area (Å²) in [5.41, 5.74) is 3.59.